The summed E-state index contributed by atoms with van der Waals surface area (Å²) >= 11 is 0. The van der Waals surface area contributed by atoms with Crippen LogP contribution in [0.25, 0.3) is 0 Å². The van der Waals surface area contributed by atoms with Gasteiger partial charge in [-0.2, -0.15) is 0 Å². The molecule has 86 valence electrons. The minimum atomic E-state index is -2.20. The van der Waals surface area contributed by atoms with Crippen LogP contribution in [0.4, 0.5) is 22.0 Å². The van der Waals surface area contributed by atoms with E-state index in [4.69, 9.17) is 9.31 Å². The Hall–Kier alpha value is -1.15. The summed E-state index contributed by atoms with van der Waals surface area (Å²) in [5.74, 6) is -10.1. The second kappa shape index (κ2) is 4.02. The van der Waals surface area contributed by atoms with Crippen LogP contribution in [0.3, 0.4) is 0 Å². The van der Waals surface area contributed by atoms with Crippen molar-refractivity contribution in [2.24, 2.45) is 0 Å². The average molecular weight is 238 g/mol. The molecular weight excluding hydrogens is 234 g/mol. The van der Waals surface area contributed by atoms with E-state index >= 15 is 0 Å². The van der Waals surface area contributed by atoms with Crippen molar-refractivity contribution >= 4 is 12.6 Å². The highest BCUT2D eigenvalue weighted by Crippen LogP contribution is 2.18. The fraction of sp³-hybridized carbons (Fsp3) is 0.250. The predicted octanol–water partition coefficient (Wildman–Crippen LogP) is 1.12. The zero-order chi connectivity index (χ0) is 11.9. The molecule has 1 aromatic rings. The highest BCUT2D eigenvalue weighted by Gasteiger charge is 2.37. The van der Waals surface area contributed by atoms with Crippen molar-refractivity contribution in [1.29, 1.82) is 0 Å². The van der Waals surface area contributed by atoms with E-state index < -0.39 is 41.7 Å². The summed E-state index contributed by atoms with van der Waals surface area (Å²) in [4.78, 5) is 0. The summed E-state index contributed by atoms with van der Waals surface area (Å²) in [6.07, 6.45) is 0. The Bertz CT molecular complexity index is 404. The predicted molar refractivity (Wildman–Crippen MR) is 43.5 cm³/mol. The molecule has 1 fully saturated rings. The molecule has 0 aliphatic carbocycles. The van der Waals surface area contributed by atoms with Crippen LogP contribution < -0.4 is 5.46 Å². The van der Waals surface area contributed by atoms with E-state index in [1.54, 1.807) is 0 Å². The Morgan fingerprint density at radius 1 is 0.688 bits per heavy atom. The Balaban J connectivity index is 2.59. The van der Waals surface area contributed by atoms with Crippen molar-refractivity contribution in [3.05, 3.63) is 29.1 Å². The second-order valence-electron chi connectivity index (χ2n) is 3.06. The van der Waals surface area contributed by atoms with E-state index in [1.807, 2.05) is 0 Å². The van der Waals surface area contributed by atoms with Crippen molar-refractivity contribution in [3.8, 4) is 0 Å². The first-order valence-electron chi connectivity index (χ1n) is 4.28. The van der Waals surface area contributed by atoms with Crippen LogP contribution in [-0.2, 0) is 9.31 Å². The maximum absolute atomic E-state index is 13.2. The molecule has 16 heavy (non-hydrogen) atoms. The first kappa shape index (κ1) is 11.3. The monoisotopic (exact) mass is 238 g/mol. The number of rotatable bonds is 1. The summed E-state index contributed by atoms with van der Waals surface area (Å²) in [6.45, 7) is 0.0638. The molecule has 8 heteroatoms. The SMILES string of the molecule is Fc1c(F)c(F)c(B2OCCO2)c(F)c1F. The van der Waals surface area contributed by atoms with E-state index in [-0.39, 0.29) is 13.2 Å². The Kier molecular flexibility index (Phi) is 2.85. The topological polar surface area (TPSA) is 18.5 Å². The van der Waals surface area contributed by atoms with Gasteiger partial charge in [-0.05, 0) is 0 Å². The van der Waals surface area contributed by atoms with Gasteiger partial charge in [0.1, 0.15) is 0 Å². The molecule has 0 bridgehead atoms. The van der Waals surface area contributed by atoms with Gasteiger partial charge in [-0.3, -0.25) is 0 Å². The third-order valence-corrected chi connectivity index (χ3v) is 2.10. The fourth-order valence-electron chi connectivity index (χ4n) is 1.35. The molecule has 0 atom stereocenters. The van der Waals surface area contributed by atoms with Crippen molar-refractivity contribution in [2.75, 3.05) is 13.2 Å². The highest BCUT2D eigenvalue weighted by atomic mass is 19.2. The van der Waals surface area contributed by atoms with Gasteiger partial charge in [-0.25, -0.2) is 22.0 Å². The van der Waals surface area contributed by atoms with E-state index in [9.17, 15) is 22.0 Å². The zero-order valence-corrected chi connectivity index (χ0v) is 7.70. The Labute approximate surface area is 87.1 Å². The first-order valence-corrected chi connectivity index (χ1v) is 4.28. The first-order chi connectivity index (χ1) is 7.54. The van der Waals surface area contributed by atoms with E-state index in [0.717, 1.165) is 0 Å². The molecule has 0 N–H and O–H groups in total. The lowest BCUT2D eigenvalue weighted by Gasteiger charge is -2.09. The molecule has 1 aliphatic rings. The van der Waals surface area contributed by atoms with Crippen LogP contribution in [0.2, 0.25) is 0 Å². The summed E-state index contributed by atoms with van der Waals surface area (Å²) in [5, 5.41) is 0. The highest BCUT2D eigenvalue weighted by molar-refractivity contribution is 6.61. The van der Waals surface area contributed by atoms with Crippen LogP contribution in [0.15, 0.2) is 0 Å². The molecule has 0 saturated carbocycles. The van der Waals surface area contributed by atoms with Gasteiger partial charge in [0.05, 0.1) is 18.7 Å². The lowest BCUT2D eigenvalue weighted by atomic mass is 9.78. The van der Waals surface area contributed by atoms with Crippen molar-refractivity contribution in [2.45, 2.75) is 0 Å². The van der Waals surface area contributed by atoms with Crippen LogP contribution in [-0.4, -0.2) is 20.3 Å². The third kappa shape index (κ3) is 1.58. The number of benzene rings is 1. The van der Waals surface area contributed by atoms with E-state index in [0.29, 0.717) is 0 Å². The van der Waals surface area contributed by atoms with Crippen LogP contribution in [0, 0.1) is 29.1 Å². The van der Waals surface area contributed by atoms with Crippen molar-refractivity contribution in [1.82, 2.24) is 0 Å². The number of halogens is 5. The van der Waals surface area contributed by atoms with Crippen LogP contribution in [0.5, 0.6) is 0 Å². The molecule has 0 unspecified atom stereocenters. The fourth-order valence-corrected chi connectivity index (χ4v) is 1.35. The van der Waals surface area contributed by atoms with Gasteiger partial charge >= 0.3 is 7.12 Å². The summed E-state index contributed by atoms with van der Waals surface area (Å²) in [7, 11) is -1.55. The van der Waals surface area contributed by atoms with Gasteiger partial charge in [0, 0.05) is 0 Å². The van der Waals surface area contributed by atoms with Gasteiger partial charge < -0.3 is 9.31 Å². The normalized spacial score (nSPS) is 15.9. The standard InChI is InChI=1S/C8H4BF5O2/c10-4-3(9-15-1-2-16-9)5(11)7(13)8(14)6(4)12/h1-2H2. The van der Waals surface area contributed by atoms with E-state index in [1.165, 1.54) is 0 Å². The molecule has 1 aliphatic heterocycles. The Morgan fingerprint density at radius 2 is 1.06 bits per heavy atom. The third-order valence-electron chi connectivity index (χ3n) is 2.10. The number of hydrogen-bond acceptors (Lipinski definition) is 2. The molecule has 1 heterocycles. The lowest BCUT2D eigenvalue weighted by molar-refractivity contribution is 0.364. The van der Waals surface area contributed by atoms with Gasteiger partial charge in [0.25, 0.3) is 0 Å². The summed E-state index contributed by atoms with van der Waals surface area (Å²) < 4.78 is 74.0. The van der Waals surface area contributed by atoms with Crippen molar-refractivity contribution in [3.63, 3.8) is 0 Å². The Morgan fingerprint density at radius 3 is 1.50 bits per heavy atom. The minimum absolute atomic E-state index is 0.0319. The quantitative estimate of drug-likeness (QED) is 0.316. The molecule has 1 aromatic carbocycles. The molecule has 0 amide bonds. The molecular formula is C8H4BF5O2. The van der Waals surface area contributed by atoms with Gasteiger partial charge in [0.2, 0.25) is 0 Å². The van der Waals surface area contributed by atoms with Gasteiger partial charge in [0.15, 0.2) is 29.1 Å². The zero-order valence-electron chi connectivity index (χ0n) is 7.70. The maximum Gasteiger partial charge on any atom is 0.500 e. The molecule has 1 saturated heterocycles. The average Bonchev–Trinajstić information content (AvgIpc) is 2.77. The van der Waals surface area contributed by atoms with Crippen LogP contribution >= 0.6 is 0 Å². The largest absolute Gasteiger partial charge is 0.500 e. The van der Waals surface area contributed by atoms with Crippen molar-refractivity contribution < 1.29 is 31.3 Å². The van der Waals surface area contributed by atoms with E-state index in [2.05, 4.69) is 0 Å². The smallest absolute Gasteiger partial charge is 0.405 e. The molecule has 0 spiro atoms. The molecule has 2 nitrogen and oxygen atoms in total. The van der Waals surface area contributed by atoms with Crippen LogP contribution in [0.1, 0.15) is 0 Å². The molecule has 2 rings (SSSR count). The maximum atomic E-state index is 13.2. The van der Waals surface area contributed by atoms with Gasteiger partial charge in [-0.1, -0.05) is 0 Å². The summed E-state index contributed by atoms with van der Waals surface area (Å²) in [5.41, 5.74) is -1.09. The number of hydrogen-bond donors (Lipinski definition) is 0. The molecule has 0 radical (unpaired) electrons. The second-order valence-corrected chi connectivity index (χ2v) is 3.06. The molecule has 0 aromatic heterocycles. The lowest BCUT2D eigenvalue weighted by Crippen LogP contribution is -2.39. The van der Waals surface area contributed by atoms with Gasteiger partial charge in [-0.15, -0.1) is 0 Å². The minimum Gasteiger partial charge on any atom is -0.405 e. The summed E-state index contributed by atoms with van der Waals surface area (Å²) in [6, 6.07) is 0.